The van der Waals surface area contributed by atoms with E-state index in [1.54, 1.807) is 18.2 Å². The van der Waals surface area contributed by atoms with Gasteiger partial charge in [0.15, 0.2) is 0 Å². The quantitative estimate of drug-likeness (QED) is 0.822. The second kappa shape index (κ2) is 5.47. The van der Waals surface area contributed by atoms with E-state index >= 15 is 0 Å². The first-order valence-electron chi connectivity index (χ1n) is 5.02. The Hall–Kier alpha value is -1.40. The lowest BCUT2D eigenvalue weighted by atomic mass is 10.1. The number of rotatable bonds is 4. The number of hydrogen-bond donors (Lipinski definition) is 1. The standard InChI is InChI=1S/C12H15FN2/c1-9(2)8-15-12(7-14)10-5-3-4-6-11(10)13/h3-6,9,12,15H,8H2,1-2H3. The second-order valence-corrected chi connectivity index (χ2v) is 3.89. The van der Waals surface area contributed by atoms with Crippen LogP contribution in [0.5, 0.6) is 0 Å². The van der Waals surface area contributed by atoms with E-state index in [9.17, 15) is 4.39 Å². The third kappa shape index (κ3) is 3.34. The molecule has 80 valence electrons. The first-order chi connectivity index (χ1) is 7.15. The number of benzene rings is 1. The van der Waals surface area contributed by atoms with Crippen molar-refractivity contribution in [2.24, 2.45) is 5.92 Å². The van der Waals surface area contributed by atoms with Gasteiger partial charge in [-0.1, -0.05) is 32.0 Å². The molecule has 1 unspecified atom stereocenters. The predicted octanol–water partition coefficient (Wildman–Crippen LogP) is 2.64. The molecule has 1 aromatic rings. The highest BCUT2D eigenvalue weighted by atomic mass is 19.1. The first kappa shape index (κ1) is 11.7. The monoisotopic (exact) mass is 206 g/mol. The molecule has 0 aliphatic carbocycles. The minimum Gasteiger partial charge on any atom is -0.298 e. The zero-order valence-electron chi connectivity index (χ0n) is 9.00. The molecule has 1 aromatic carbocycles. The summed E-state index contributed by atoms with van der Waals surface area (Å²) in [5.74, 6) is 0.105. The van der Waals surface area contributed by atoms with Gasteiger partial charge in [0, 0.05) is 5.56 Å². The molecule has 0 amide bonds. The maximum atomic E-state index is 13.4. The van der Waals surface area contributed by atoms with Crippen LogP contribution in [-0.4, -0.2) is 6.54 Å². The highest BCUT2D eigenvalue weighted by Gasteiger charge is 2.13. The molecule has 0 fully saturated rings. The fourth-order valence-corrected chi connectivity index (χ4v) is 1.29. The molecular weight excluding hydrogens is 191 g/mol. The van der Waals surface area contributed by atoms with Crippen LogP contribution in [0, 0.1) is 23.1 Å². The average molecular weight is 206 g/mol. The van der Waals surface area contributed by atoms with Crippen LogP contribution >= 0.6 is 0 Å². The summed E-state index contributed by atoms with van der Waals surface area (Å²) >= 11 is 0. The van der Waals surface area contributed by atoms with Gasteiger partial charge in [0.25, 0.3) is 0 Å². The van der Waals surface area contributed by atoms with E-state index < -0.39 is 6.04 Å². The van der Waals surface area contributed by atoms with Gasteiger partial charge in [0.05, 0.1) is 6.07 Å². The van der Waals surface area contributed by atoms with Crippen molar-refractivity contribution in [2.75, 3.05) is 6.54 Å². The fraction of sp³-hybridized carbons (Fsp3) is 0.417. The van der Waals surface area contributed by atoms with E-state index in [-0.39, 0.29) is 5.82 Å². The molecule has 0 heterocycles. The Labute approximate surface area is 89.7 Å². The molecule has 0 aliphatic rings. The molecule has 0 bridgehead atoms. The molecule has 0 saturated carbocycles. The van der Waals surface area contributed by atoms with Gasteiger partial charge in [-0.15, -0.1) is 0 Å². The van der Waals surface area contributed by atoms with E-state index in [2.05, 4.69) is 11.4 Å². The summed E-state index contributed by atoms with van der Waals surface area (Å²) in [7, 11) is 0. The topological polar surface area (TPSA) is 35.8 Å². The number of nitriles is 1. The SMILES string of the molecule is CC(C)CNC(C#N)c1ccccc1F. The molecule has 0 aromatic heterocycles. The summed E-state index contributed by atoms with van der Waals surface area (Å²) in [4.78, 5) is 0. The number of nitrogens with zero attached hydrogens (tertiary/aromatic N) is 1. The summed E-state index contributed by atoms with van der Waals surface area (Å²) in [6.45, 7) is 4.79. The van der Waals surface area contributed by atoms with Crippen LogP contribution in [0.3, 0.4) is 0 Å². The Morgan fingerprint density at radius 3 is 2.60 bits per heavy atom. The minimum absolute atomic E-state index is 0.333. The molecule has 2 nitrogen and oxygen atoms in total. The first-order valence-corrected chi connectivity index (χ1v) is 5.02. The Morgan fingerprint density at radius 2 is 2.07 bits per heavy atom. The van der Waals surface area contributed by atoms with Gasteiger partial charge in [-0.25, -0.2) is 4.39 Å². The lowest BCUT2D eigenvalue weighted by Crippen LogP contribution is -2.25. The van der Waals surface area contributed by atoms with Crippen molar-refractivity contribution >= 4 is 0 Å². The Bertz CT molecular complexity index is 355. The van der Waals surface area contributed by atoms with Crippen molar-refractivity contribution in [3.05, 3.63) is 35.6 Å². The van der Waals surface area contributed by atoms with Gasteiger partial charge >= 0.3 is 0 Å². The molecular formula is C12H15FN2. The zero-order chi connectivity index (χ0) is 11.3. The third-order valence-electron chi connectivity index (χ3n) is 2.08. The average Bonchev–Trinajstić information content (AvgIpc) is 2.21. The van der Waals surface area contributed by atoms with Crippen LogP contribution in [0.1, 0.15) is 25.5 Å². The van der Waals surface area contributed by atoms with Crippen LogP contribution in [0.15, 0.2) is 24.3 Å². The summed E-state index contributed by atoms with van der Waals surface area (Å²) in [5.41, 5.74) is 0.417. The summed E-state index contributed by atoms with van der Waals surface area (Å²) < 4.78 is 13.4. The van der Waals surface area contributed by atoms with Gasteiger partial charge in [-0.3, -0.25) is 5.32 Å². The van der Waals surface area contributed by atoms with Crippen molar-refractivity contribution in [1.29, 1.82) is 5.26 Å². The molecule has 0 aliphatic heterocycles. The lowest BCUT2D eigenvalue weighted by Gasteiger charge is -2.14. The molecule has 3 heteroatoms. The Balaban J connectivity index is 2.76. The molecule has 0 spiro atoms. The van der Waals surface area contributed by atoms with Gasteiger partial charge in [-0.05, 0) is 18.5 Å². The lowest BCUT2D eigenvalue weighted by molar-refractivity contribution is 0.507. The Kier molecular flexibility index (Phi) is 4.26. The molecule has 1 atom stereocenters. The second-order valence-electron chi connectivity index (χ2n) is 3.89. The fourth-order valence-electron chi connectivity index (χ4n) is 1.29. The molecule has 0 saturated heterocycles. The van der Waals surface area contributed by atoms with Crippen molar-refractivity contribution in [1.82, 2.24) is 5.32 Å². The highest BCUT2D eigenvalue weighted by molar-refractivity contribution is 5.25. The largest absolute Gasteiger partial charge is 0.298 e. The van der Waals surface area contributed by atoms with Gasteiger partial charge in [0.1, 0.15) is 11.9 Å². The van der Waals surface area contributed by atoms with Gasteiger partial charge < -0.3 is 0 Å². The molecule has 0 radical (unpaired) electrons. The molecule has 1 N–H and O–H groups in total. The van der Waals surface area contributed by atoms with Crippen LogP contribution in [0.4, 0.5) is 4.39 Å². The van der Waals surface area contributed by atoms with Crippen molar-refractivity contribution in [3.8, 4) is 6.07 Å². The van der Waals surface area contributed by atoms with E-state index in [0.29, 0.717) is 18.0 Å². The number of hydrogen-bond acceptors (Lipinski definition) is 2. The van der Waals surface area contributed by atoms with E-state index in [1.807, 2.05) is 13.8 Å². The number of halogens is 1. The van der Waals surface area contributed by atoms with Crippen LogP contribution < -0.4 is 5.32 Å². The summed E-state index contributed by atoms with van der Waals surface area (Å²) in [6, 6.07) is 7.87. The predicted molar refractivity (Wildman–Crippen MR) is 57.6 cm³/mol. The maximum Gasteiger partial charge on any atom is 0.129 e. The Morgan fingerprint density at radius 1 is 1.40 bits per heavy atom. The van der Waals surface area contributed by atoms with Crippen molar-refractivity contribution in [2.45, 2.75) is 19.9 Å². The van der Waals surface area contributed by atoms with Gasteiger partial charge in [-0.2, -0.15) is 5.26 Å². The van der Waals surface area contributed by atoms with Crippen LogP contribution in [-0.2, 0) is 0 Å². The van der Waals surface area contributed by atoms with Crippen molar-refractivity contribution < 1.29 is 4.39 Å². The van der Waals surface area contributed by atoms with E-state index in [1.165, 1.54) is 6.07 Å². The smallest absolute Gasteiger partial charge is 0.129 e. The number of nitrogens with one attached hydrogen (secondary N) is 1. The maximum absolute atomic E-state index is 13.4. The van der Waals surface area contributed by atoms with Crippen molar-refractivity contribution in [3.63, 3.8) is 0 Å². The van der Waals surface area contributed by atoms with Crippen LogP contribution in [0.25, 0.3) is 0 Å². The molecule has 1 rings (SSSR count). The minimum atomic E-state index is -0.561. The normalized spacial score (nSPS) is 12.5. The van der Waals surface area contributed by atoms with Gasteiger partial charge in [0.2, 0.25) is 0 Å². The van der Waals surface area contributed by atoms with E-state index in [4.69, 9.17) is 5.26 Å². The highest BCUT2D eigenvalue weighted by Crippen LogP contribution is 2.15. The summed E-state index contributed by atoms with van der Waals surface area (Å²) in [5, 5.41) is 12.0. The molecule has 15 heavy (non-hydrogen) atoms. The van der Waals surface area contributed by atoms with Crippen LogP contribution in [0.2, 0.25) is 0 Å². The van der Waals surface area contributed by atoms with E-state index in [0.717, 1.165) is 0 Å². The summed E-state index contributed by atoms with van der Waals surface area (Å²) in [6.07, 6.45) is 0. The third-order valence-corrected chi connectivity index (χ3v) is 2.08. The zero-order valence-corrected chi connectivity index (χ0v) is 9.00.